The van der Waals surface area contributed by atoms with Gasteiger partial charge < -0.3 is 0 Å². The van der Waals surface area contributed by atoms with E-state index in [0.717, 1.165) is 5.92 Å². The summed E-state index contributed by atoms with van der Waals surface area (Å²) < 4.78 is 0. The molecule has 1 fully saturated rings. The first-order valence-electron chi connectivity index (χ1n) is 4.25. The monoisotopic (exact) mass is 176 g/mol. The lowest BCUT2D eigenvalue weighted by Crippen LogP contribution is -2.25. The van der Waals surface area contributed by atoms with Gasteiger partial charge in [0.25, 0.3) is 0 Å². The Bertz CT molecular complexity index is 116. The third-order valence-electron chi connectivity index (χ3n) is 3.13. The van der Waals surface area contributed by atoms with Crippen LogP contribution in [0.4, 0.5) is 0 Å². The predicted molar refractivity (Wildman–Crippen MR) is 50.4 cm³/mol. The minimum absolute atomic E-state index is 0.303. The van der Waals surface area contributed by atoms with Crippen LogP contribution >= 0.6 is 11.1 Å². The van der Waals surface area contributed by atoms with Gasteiger partial charge in [0.05, 0.1) is 0 Å². The van der Waals surface area contributed by atoms with Gasteiger partial charge in [-0.25, -0.2) is 0 Å². The van der Waals surface area contributed by atoms with Gasteiger partial charge in [0.1, 0.15) is 8.83 Å². The fraction of sp³-hybridized carbons (Fsp3) is 1.00. The molecule has 0 aromatic rings. The largest absolute Gasteiger partial charge is 0.176 e. The average Bonchev–Trinajstić information content (AvgIpc) is 1.96. The predicted octanol–water partition coefficient (Wildman–Crippen LogP) is 2.70. The maximum atomic E-state index is 6.06. The number of hydrogen-bond acceptors (Lipinski definition) is 0. The van der Waals surface area contributed by atoms with Crippen molar-refractivity contribution in [3.8, 4) is 0 Å². The molecule has 0 aliphatic heterocycles. The topological polar surface area (TPSA) is 0 Å². The second-order valence-electron chi connectivity index (χ2n) is 3.93. The first-order valence-corrected chi connectivity index (χ1v) is 7.09. The Balaban J connectivity index is 2.54. The first-order chi connectivity index (χ1) is 4.69. The smallest absolute Gasteiger partial charge is 0.131 e. The van der Waals surface area contributed by atoms with Crippen LogP contribution in [-0.4, -0.2) is 8.83 Å². The zero-order chi connectivity index (χ0) is 7.61. The molecule has 0 spiro atoms. The Morgan fingerprint density at radius 2 is 2.20 bits per heavy atom. The molecule has 0 N–H and O–H groups in total. The fourth-order valence-electron chi connectivity index (χ4n) is 1.77. The summed E-state index contributed by atoms with van der Waals surface area (Å²) in [6.45, 7) is 4.75. The van der Waals surface area contributed by atoms with Gasteiger partial charge in [-0.15, -0.1) is 0 Å². The van der Waals surface area contributed by atoms with E-state index in [9.17, 15) is 0 Å². The van der Waals surface area contributed by atoms with E-state index in [1.165, 1.54) is 25.7 Å². The van der Waals surface area contributed by atoms with E-state index in [-0.39, 0.29) is 8.83 Å². The van der Waals surface area contributed by atoms with Crippen LogP contribution in [0.15, 0.2) is 0 Å². The highest BCUT2D eigenvalue weighted by atomic mass is 35.6. The van der Waals surface area contributed by atoms with E-state index in [0.29, 0.717) is 5.04 Å². The van der Waals surface area contributed by atoms with Crippen molar-refractivity contribution >= 4 is 19.9 Å². The summed E-state index contributed by atoms with van der Waals surface area (Å²) in [5.74, 6) is 0.894. The first kappa shape index (κ1) is 8.60. The zero-order valence-electron chi connectivity index (χ0n) is 6.99. The molecule has 1 aliphatic rings. The van der Waals surface area contributed by atoms with Gasteiger partial charge in [-0.1, -0.05) is 33.1 Å². The SMILES string of the molecule is CC1CCCCC1(C)[SiH2]Cl. The van der Waals surface area contributed by atoms with Crippen LogP contribution in [0.5, 0.6) is 0 Å². The standard InChI is InChI=1S/C8H17ClSi/c1-7-5-3-4-6-8(7,2)10-9/h7H,3-6,10H2,1-2H3. The van der Waals surface area contributed by atoms with Crippen LogP contribution in [0.3, 0.4) is 0 Å². The molecule has 2 atom stereocenters. The summed E-state index contributed by atoms with van der Waals surface area (Å²) in [5.41, 5.74) is 0. The van der Waals surface area contributed by atoms with Crippen molar-refractivity contribution in [1.82, 2.24) is 0 Å². The van der Waals surface area contributed by atoms with Gasteiger partial charge in [-0.3, -0.25) is 0 Å². The van der Waals surface area contributed by atoms with Crippen molar-refractivity contribution in [2.75, 3.05) is 0 Å². The second-order valence-corrected chi connectivity index (χ2v) is 6.62. The molecule has 0 nitrogen and oxygen atoms in total. The molecule has 1 aliphatic carbocycles. The van der Waals surface area contributed by atoms with Crippen LogP contribution in [0.25, 0.3) is 0 Å². The molecule has 0 saturated heterocycles. The van der Waals surface area contributed by atoms with Crippen LogP contribution in [0.1, 0.15) is 39.5 Å². The zero-order valence-corrected chi connectivity index (χ0v) is 9.16. The minimum Gasteiger partial charge on any atom is -0.176 e. The molecule has 0 bridgehead atoms. The molecular formula is C8H17ClSi. The molecular weight excluding hydrogens is 160 g/mol. The van der Waals surface area contributed by atoms with E-state index >= 15 is 0 Å². The molecule has 60 valence electrons. The number of halogens is 1. The summed E-state index contributed by atoms with van der Waals surface area (Å²) in [4.78, 5) is 0. The maximum absolute atomic E-state index is 6.06. The molecule has 10 heavy (non-hydrogen) atoms. The van der Waals surface area contributed by atoms with Crippen molar-refractivity contribution in [2.24, 2.45) is 5.92 Å². The quantitative estimate of drug-likeness (QED) is 0.426. The number of hydrogen-bond donors (Lipinski definition) is 0. The molecule has 0 aromatic carbocycles. The highest BCUT2D eigenvalue weighted by Crippen LogP contribution is 2.46. The Labute approximate surface area is 70.9 Å². The van der Waals surface area contributed by atoms with Crippen LogP contribution in [-0.2, 0) is 0 Å². The van der Waals surface area contributed by atoms with E-state index < -0.39 is 0 Å². The molecule has 2 heteroatoms. The minimum atomic E-state index is -0.303. The van der Waals surface area contributed by atoms with Gasteiger partial charge >= 0.3 is 0 Å². The summed E-state index contributed by atoms with van der Waals surface area (Å²) in [5, 5.41) is 0.583. The Morgan fingerprint density at radius 1 is 1.50 bits per heavy atom. The number of rotatable bonds is 1. The Hall–Kier alpha value is 0.507. The third-order valence-corrected chi connectivity index (χ3v) is 6.62. The lowest BCUT2D eigenvalue weighted by Gasteiger charge is -2.37. The van der Waals surface area contributed by atoms with Gasteiger partial charge in [0.15, 0.2) is 0 Å². The lowest BCUT2D eigenvalue weighted by molar-refractivity contribution is 0.294. The van der Waals surface area contributed by atoms with Crippen LogP contribution in [0, 0.1) is 5.92 Å². The maximum Gasteiger partial charge on any atom is 0.131 e. The Morgan fingerprint density at radius 3 is 2.60 bits per heavy atom. The van der Waals surface area contributed by atoms with E-state index in [4.69, 9.17) is 11.1 Å². The molecule has 0 amide bonds. The van der Waals surface area contributed by atoms with Crippen molar-refractivity contribution in [1.29, 1.82) is 0 Å². The second kappa shape index (κ2) is 3.27. The van der Waals surface area contributed by atoms with Gasteiger partial charge in [0, 0.05) is 0 Å². The van der Waals surface area contributed by atoms with Gasteiger partial charge in [-0.05, 0) is 17.4 Å². The summed E-state index contributed by atoms with van der Waals surface area (Å²) in [6.07, 6.45) is 5.66. The normalized spacial score (nSPS) is 42.9. The molecule has 0 aromatic heterocycles. The van der Waals surface area contributed by atoms with Gasteiger partial charge in [-0.2, -0.15) is 11.1 Å². The molecule has 1 rings (SSSR count). The van der Waals surface area contributed by atoms with Crippen molar-refractivity contribution in [3.63, 3.8) is 0 Å². The highest BCUT2D eigenvalue weighted by molar-refractivity contribution is 6.95. The van der Waals surface area contributed by atoms with Gasteiger partial charge in [0.2, 0.25) is 0 Å². The third kappa shape index (κ3) is 1.56. The molecule has 0 radical (unpaired) electrons. The molecule has 1 saturated carbocycles. The van der Waals surface area contributed by atoms with Crippen LogP contribution in [0.2, 0.25) is 5.04 Å². The average molecular weight is 177 g/mol. The summed E-state index contributed by atoms with van der Waals surface area (Å²) in [7, 11) is -0.303. The fourth-order valence-corrected chi connectivity index (χ4v) is 3.82. The van der Waals surface area contributed by atoms with Crippen molar-refractivity contribution < 1.29 is 0 Å². The Kier molecular flexibility index (Phi) is 2.81. The summed E-state index contributed by atoms with van der Waals surface area (Å²) in [6, 6.07) is 0. The van der Waals surface area contributed by atoms with Crippen molar-refractivity contribution in [2.45, 2.75) is 44.6 Å². The van der Waals surface area contributed by atoms with E-state index in [2.05, 4.69) is 13.8 Å². The van der Waals surface area contributed by atoms with Crippen LogP contribution < -0.4 is 0 Å². The molecule has 0 heterocycles. The molecule has 2 unspecified atom stereocenters. The van der Waals surface area contributed by atoms with E-state index in [1.54, 1.807) is 0 Å². The van der Waals surface area contributed by atoms with Crippen molar-refractivity contribution in [3.05, 3.63) is 0 Å². The van der Waals surface area contributed by atoms with E-state index in [1.807, 2.05) is 0 Å². The lowest BCUT2D eigenvalue weighted by atomic mass is 9.81. The highest BCUT2D eigenvalue weighted by Gasteiger charge is 2.32. The summed E-state index contributed by atoms with van der Waals surface area (Å²) >= 11 is 6.06.